The number of aldehydes is 1. The lowest BCUT2D eigenvalue weighted by Crippen LogP contribution is -2.68. The molecule has 6 saturated heterocycles. The Balaban J connectivity index is 0.913. The Morgan fingerprint density at radius 1 is 0.705 bits per heavy atom. The highest BCUT2D eigenvalue weighted by molar-refractivity contribution is 6.26. The van der Waals surface area contributed by atoms with E-state index in [1.807, 2.05) is 39.8 Å². The smallest absolute Gasteiger partial charge is 0.407 e. The number of nitrogens with zero attached hydrogens (tertiary/aromatic N) is 1. The van der Waals surface area contributed by atoms with Crippen LogP contribution in [0.5, 0.6) is 0 Å². The number of aliphatic hydroxyl groups is 4. The van der Waals surface area contributed by atoms with Gasteiger partial charge in [0.25, 0.3) is 0 Å². The summed E-state index contributed by atoms with van der Waals surface area (Å²) in [5, 5.41) is 70.8. The summed E-state index contributed by atoms with van der Waals surface area (Å²) in [6.45, 7) is 23.5. The zero-order valence-corrected chi connectivity index (χ0v) is 57.1. The Morgan fingerprint density at radius 3 is 1.99 bits per heavy atom. The van der Waals surface area contributed by atoms with E-state index < -0.39 is 211 Å². The number of nitrogens with one attached hydrogen (secondary N) is 1. The molecule has 26 heteroatoms. The van der Waals surface area contributed by atoms with Gasteiger partial charge in [-0.05, 0) is 116 Å². The predicted molar refractivity (Wildman–Crippen MR) is 333 cm³/mol. The van der Waals surface area contributed by atoms with Gasteiger partial charge < -0.3 is 87.3 Å². The third-order valence-electron chi connectivity index (χ3n) is 22.2. The molecule has 0 aromatic carbocycles. The number of hydrogen-bond acceptors (Lipinski definition) is 25. The minimum Gasteiger partial charge on any atom is -0.511 e. The summed E-state index contributed by atoms with van der Waals surface area (Å²) in [4.78, 5) is 68.9. The van der Waals surface area contributed by atoms with Crippen LogP contribution in [0.4, 0.5) is 4.79 Å². The van der Waals surface area contributed by atoms with Crippen molar-refractivity contribution in [3.8, 4) is 0 Å². The monoisotopic (exact) mass is 1340 g/mol. The second-order valence-electron chi connectivity index (χ2n) is 29.2. The molecule has 7 N–H and O–H groups in total. The van der Waals surface area contributed by atoms with Gasteiger partial charge in [-0.1, -0.05) is 69.7 Å². The highest BCUT2D eigenvalue weighted by Crippen LogP contribution is 2.61. The first kappa shape index (κ1) is 73.1. The van der Waals surface area contributed by atoms with E-state index in [1.54, 1.807) is 47.6 Å². The van der Waals surface area contributed by atoms with Crippen LogP contribution in [-0.2, 0) is 80.8 Å². The Morgan fingerprint density at radius 2 is 1.34 bits per heavy atom. The molecule has 1 spiro atoms. The zero-order valence-electron chi connectivity index (χ0n) is 57.1. The molecule has 1 amide bonds. The molecule has 6 aliphatic heterocycles. The second kappa shape index (κ2) is 29.3. The van der Waals surface area contributed by atoms with Crippen molar-refractivity contribution >= 4 is 30.1 Å². The number of amides is 1. The summed E-state index contributed by atoms with van der Waals surface area (Å²) in [5.74, 6) is -6.73. The molecule has 0 radical (unpaired) electrons. The number of ketones is 1. The first-order valence-electron chi connectivity index (χ1n) is 34.0. The largest absolute Gasteiger partial charge is 0.511 e. The number of methoxy groups -OCH3 is 1. The minimum atomic E-state index is -2.19. The maximum absolute atomic E-state index is 15.6. The van der Waals surface area contributed by atoms with Crippen LogP contribution in [0.15, 0.2) is 58.4 Å². The van der Waals surface area contributed by atoms with Gasteiger partial charge in [-0.25, -0.2) is 9.59 Å². The van der Waals surface area contributed by atoms with Crippen LogP contribution in [0, 0.1) is 46.8 Å². The van der Waals surface area contributed by atoms with Crippen LogP contribution >= 0.6 is 0 Å². The first-order chi connectivity index (χ1) is 44.8. The lowest BCUT2D eigenvalue weighted by molar-refractivity contribution is -0.390. The van der Waals surface area contributed by atoms with Crippen molar-refractivity contribution in [1.82, 2.24) is 10.5 Å². The van der Waals surface area contributed by atoms with Crippen molar-refractivity contribution in [1.29, 1.82) is 0 Å². The summed E-state index contributed by atoms with van der Waals surface area (Å²) < 4.78 is 82.3. The summed E-state index contributed by atoms with van der Waals surface area (Å²) in [6, 6.07) is -1.00. The average molecular weight is 1340 g/mol. The molecule has 0 aromatic heterocycles. The van der Waals surface area contributed by atoms with Crippen LogP contribution in [0.1, 0.15) is 154 Å². The lowest BCUT2D eigenvalue weighted by atomic mass is 9.49. The number of aliphatic hydroxyl groups excluding tert-OH is 4. The van der Waals surface area contributed by atoms with E-state index in [9.17, 15) is 50.0 Å². The van der Waals surface area contributed by atoms with Gasteiger partial charge in [0.05, 0.1) is 97.7 Å². The Kier molecular flexibility index (Phi) is 22.6. The Hall–Kier alpha value is -4.59. The minimum absolute atomic E-state index is 0.0101. The molecule has 7 fully saturated rings. The normalized spacial score (nSPS) is 45.7. The van der Waals surface area contributed by atoms with Crippen LogP contribution in [0.3, 0.4) is 0 Å². The highest BCUT2D eigenvalue weighted by atomic mass is 16.8. The second-order valence-corrected chi connectivity index (χ2v) is 29.2. The van der Waals surface area contributed by atoms with Crippen molar-refractivity contribution < 1.29 is 116 Å². The molecule has 1 saturated carbocycles. The summed E-state index contributed by atoms with van der Waals surface area (Å²) in [6.07, 6.45) is -3.65. The van der Waals surface area contributed by atoms with Gasteiger partial charge in [0.2, 0.25) is 5.78 Å². The number of carbonyl (C=O) groups excluding carboxylic acids is 5. The van der Waals surface area contributed by atoms with Gasteiger partial charge in [0.15, 0.2) is 43.2 Å². The molecule has 4 aliphatic carbocycles. The highest BCUT2D eigenvalue weighted by Gasteiger charge is 2.65. The lowest BCUT2D eigenvalue weighted by Gasteiger charge is -2.56. The third-order valence-corrected chi connectivity index (χ3v) is 22.2. The van der Waals surface area contributed by atoms with Crippen LogP contribution < -0.4 is 5.32 Å². The average Bonchev–Trinajstić information content (AvgIpc) is 1.52. The zero-order chi connectivity index (χ0) is 69.1. The summed E-state index contributed by atoms with van der Waals surface area (Å²) in [5.41, 5.74) is -4.59. The Labute approximate surface area is 555 Å². The Bertz CT molecular complexity index is 2960. The quantitative estimate of drug-likeness (QED) is 0.0221. The van der Waals surface area contributed by atoms with Crippen molar-refractivity contribution in [2.75, 3.05) is 7.11 Å². The van der Waals surface area contributed by atoms with E-state index in [0.29, 0.717) is 44.0 Å². The van der Waals surface area contributed by atoms with Crippen LogP contribution in [0.25, 0.3) is 0 Å². The maximum atomic E-state index is 15.6. The molecule has 26 nitrogen and oxygen atoms in total. The molecule has 29 unspecified atom stereocenters. The number of carbonyl (C=O) groups is 5. The number of hydrogen-bond donors (Lipinski definition) is 7. The van der Waals surface area contributed by atoms with Crippen molar-refractivity contribution in [3.05, 3.63) is 58.4 Å². The van der Waals surface area contributed by atoms with E-state index >= 15 is 4.79 Å². The van der Waals surface area contributed by atoms with Gasteiger partial charge in [-0.15, -0.1) is 0 Å². The van der Waals surface area contributed by atoms with E-state index in [2.05, 4.69) is 25.2 Å². The van der Waals surface area contributed by atoms with Gasteiger partial charge in [0.1, 0.15) is 29.8 Å². The molecule has 532 valence electrons. The molecule has 95 heavy (non-hydrogen) atoms. The first-order valence-corrected chi connectivity index (χ1v) is 34.0. The van der Waals surface area contributed by atoms with Crippen LogP contribution in [-0.4, -0.2) is 207 Å². The molecule has 6 heterocycles. The van der Waals surface area contributed by atoms with Crippen molar-refractivity contribution in [3.63, 3.8) is 0 Å². The third kappa shape index (κ3) is 14.6. The topological polar surface area (TPSA) is 342 Å². The standard InChI is InChI=1S/C69H102N2O24/c1-31(2)64(78)94-60-39(10)87-54(27-50(60)91-51-22-20-49(37(8)85-51)90-53-26-47(75)59(38(9)86-53)92-52-21-18-45(73)36(7)84-52)93-58-35(6)23-34(5)57-42(58)16-17-43-32(3)15-19-48(89-55-29-67(12,71(81)82)61(40(11)88-55)70-66(80)83-14)33(4)24-44-46(74)25-41(30-72)28-69(44)63(77)56(65(79)95-69)62(76)68(43,57)13/h15-17,24-25,30-31,34-40,42-55,57-61,73-76,81-82H,18-23,26-29H2,1-14H3,(H,70,80). The van der Waals surface area contributed by atoms with Crippen molar-refractivity contribution in [2.24, 2.45) is 46.8 Å². The number of ether oxygens (including phenoxy) is 13. The number of hydroxylamine groups is 2. The summed E-state index contributed by atoms with van der Waals surface area (Å²) in [7, 11) is 1.18. The number of Topliss-reactive ketones (excluding diaryl/α,β-unsaturated/α-hetero) is 1. The molecular weight excluding hydrogens is 1240 g/mol. The summed E-state index contributed by atoms with van der Waals surface area (Å²) >= 11 is 0. The molecule has 2 bridgehead atoms. The van der Waals surface area contributed by atoms with E-state index in [0.717, 1.165) is 5.57 Å². The molecule has 10 aliphatic rings. The van der Waals surface area contributed by atoms with Gasteiger partial charge in [-0.3, -0.25) is 24.8 Å². The number of alkyl carbamates (subject to hydrolysis) is 1. The molecule has 10 rings (SSSR count). The maximum Gasteiger partial charge on any atom is 0.407 e. The van der Waals surface area contributed by atoms with Crippen LogP contribution in [0.2, 0.25) is 0 Å². The van der Waals surface area contributed by atoms with E-state index in [1.165, 1.54) is 20.1 Å². The molecule has 0 aromatic rings. The number of allylic oxidation sites excluding steroid dienone is 3. The molecular formula is C69H102N2O24. The van der Waals surface area contributed by atoms with Gasteiger partial charge in [-0.2, -0.15) is 0 Å². The predicted octanol–water partition coefficient (Wildman–Crippen LogP) is 6.80. The van der Waals surface area contributed by atoms with Crippen molar-refractivity contribution in [2.45, 2.75) is 288 Å². The van der Waals surface area contributed by atoms with E-state index in [4.69, 9.17) is 61.6 Å². The van der Waals surface area contributed by atoms with Gasteiger partial charge >= 0.3 is 18.0 Å². The number of esters is 2. The fourth-order valence-corrected chi connectivity index (χ4v) is 17.0. The fourth-order valence-electron chi connectivity index (χ4n) is 17.0. The van der Waals surface area contributed by atoms with E-state index in [-0.39, 0.29) is 48.3 Å². The molecule has 29 atom stereocenters. The fraction of sp³-hybridized carbons (Fsp3) is 0.783. The van der Waals surface area contributed by atoms with Gasteiger partial charge in [0, 0.05) is 55.8 Å². The SMILES string of the molecule is COC(=O)NC1C(C)OC(OC2CC=C(C)C3C=CC4C(OC5CC(OC6CCC(OC7CC(O)C(OC8CCC(O)C(C)O8)C(C)O7)C(C)O6)C(OC(=O)C(C)C)C(C)O5)C(C)CC(C)C4C3(C)C(O)=C3C(=O)OC4(CC(C=O)=CC(O)C4C=C2C)C3=O)CC1(C)N(O)O. The number of fused-ring (bicyclic) bond motifs is 4. The number of rotatable bonds is 15.